The molecule has 4 rings (SSSR count). The summed E-state index contributed by atoms with van der Waals surface area (Å²) in [6, 6.07) is 15.8. The number of para-hydroxylation sites is 1. The Morgan fingerprint density at radius 1 is 1.03 bits per heavy atom. The number of hydrogen-bond donors (Lipinski definition) is 2. The third kappa shape index (κ3) is 5.18. The number of aryl methyl sites for hydroxylation is 1. The molecule has 0 aliphatic heterocycles. The zero-order chi connectivity index (χ0) is 24.1. The van der Waals surface area contributed by atoms with Crippen molar-refractivity contribution in [3.8, 4) is 11.4 Å². The topological polar surface area (TPSA) is 124 Å². The summed E-state index contributed by atoms with van der Waals surface area (Å²) < 4.78 is 6.81. The number of nitrogens with zero attached hydrogens (tertiary/aromatic N) is 5. The highest BCUT2D eigenvalue weighted by Crippen LogP contribution is 2.26. The van der Waals surface area contributed by atoms with Crippen LogP contribution in [0.2, 0.25) is 5.15 Å². The van der Waals surface area contributed by atoms with Crippen LogP contribution in [0.4, 0.5) is 16.3 Å². The molecule has 0 saturated carbocycles. The lowest BCUT2D eigenvalue weighted by molar-refractivity contribution is 0.102. The Hall–Kier alpha value is -4.31. The van der Waals surface area contributed by atoms with Gasteiger partial charge in [-0.05, 0) is 37.3 Å². The smallest absolute Gasteiger partial charge is 0.413 e. The molecule has 0 aliphatic carbocycles. The van der Waals surface area contributed by atoms with Gasteiger partial charge in [-0.2, -0.15) is 0 Å². The van der Waals surface area contributed by atoms with Crippen LogP contribution in [0, 0.1) is 0 Å². The third-order valence-corrected chi connectivity index (χ3v) is 5.17. The number of benzene rings is 1. The van der Waals surface area contributed by atoms with E-state index < -0.39 is 12.2 Å². The molecular weight excluding hydrogens is 458 g/mol. The van der Waals surface area contributed by atoms with E-state index in [9.17, 15) is 9.59 Å². The molecule has 0 spiro atoms. The highest BCUT2D eigenvalue weighted by atomic mass is 35.5. The fourth-order valence-electron chi connectivity index (χ4n) is 3.11. The summed E-state index contributed by atoms with van der Waals surface area (Å²) >= 11 is 6.07. The molecule has 0 bridgehead atoms. The van der Waals surface area contributed by atoms with Crippen LogP contribution in [0.5, 0.6) is 0 Å². The molecule has 1 aromatic carbocycles. The lowest BCUT2D eigenvalue weighted by Crippen LogP contribution is -2.18. The van der Waals surface area contributed by atoms with Crippen LogP contribution in [0.15, 0.2) is 67.0 Å². The van der Waals surface area contributed by atoms with E-state index in [1.54, 1.807) is 56.6 Å². The van der Waals surface area contributed by atoms with Crippen LogP contribution in [0.1, 0.15) is 28.9 Å². The van der Waals surface area contributed by atoms with E-state index in [0.29, 0.717) is 28.2 Å². The van der Waals surface area contributed by atoms with E-state index in [0.717, 1.165) is 0 Å². The Kier molecular flexibility index (Phi) is 6.79. The number of nitrogens with one attached hydrogen (secondary N) is 2. The van der Waals surface area contributed by atoms with Crippen LogP contribution >= 0.6 is 11.6 Å². The highest BCUT2D eigenvalue weighted by Gasteiger charge is 2.20. The largest absolute Gasteiger partial charge is 0.441 e. The summed E-state index contributed by atoms with van der Waals surface area (Å²) in [6.45, 7) is 1.69. The van der Waals surface area contributed by atoms with E-state index in [-0.39, 0.29) is 16.9 Å². The monoisotopic (exact) mass is 477 g/mol. The molecule has 2 amide bonds. The normalized spacial score (nSPS) is 11.5. The number of halogens is 1. The Balaban J connectivity index is 1.46. The maximum absolute atomic E-state index is 12.5. The lowest BCUT2D eigenvalue weighted by atomic mass is 10.2. The SMILES string of the molecule is C[C@@H](OC(=O)Nc1c(-c2ccc(C(=O)Nc3ccccc3)cn2)nnn1C)c1cccnc1Cl. The molecule has 1 atom stereocenters. The van der Waals surface area contributed by atoms with Gasteiger partial charge in [-0.25, -0.2) is 14.5 Å². The Bertz CT molecular complexity index is 1310. The molecule has 10 nitrogen and oxygen atoms in total. The van der Waals surface area contributed by atoms with Crippen LogP contribution in [-0.2, 0) is 11.8 Å². The maximum Gasteiger partial charge on any atom is 0.413 e. The predicted octanol–water partition coefficient (Wildman–Crippen LogP) is 4.49. The molecule has 0 unspecified atom stereocenters. The van der Waals surface area contributed by atoms with Crippen molar-refractivity contribution in [2.75, 3.05) is 10.6 Å². The zero-order valence-electron chi connectivity index (χ0n) is 18.3. The van der Waals surface area contributed by atoms with Crippen LogP contribution < -0.4 is 10.6 Å². The van der Waals surface area contributed by atoms with E-state index >= 15 is 0 Å². The van der Waals surface area contributed by atoms with Gasteiger partial charge in [0.15, 0.2) is 11.5 Å². The van der Waals surface area contributed by atoms with Gasteiger partial charge < -0.3 is 10.1 Å². The van der Waals surface area contributed by atoms with E-state index in [2.05, 4.69) is 30.9 Å². The molecule has 172 valence electrons. The van der Waals surface area contributed by atoms with E-state index in [1.165, 1.54) is 10.9 Å². The van der Waals surface area contributed by atoms with Gasteiger partial charge in [-0.1, -0.05) is 41.1 Å². The Labute approximate surface area is 200 Å². The maximum atomic E-state index is 12.5. The number of carbonyl (C=O) groups excluding carboxylic acids is 2. The van der Waals surface area contributed by atoms with Gasteiger partial charge in [0, 0.05) is 30.7 Å². The fraction of sp³-hybridized carbons (Fsp3) is 0.130. The molecule has 11 heteroatoms. The highest BCUT2D eigenvalue weighted by molar-refractivity contribution is 6.30. The number of hydrogen-bond acceptors (Lipinski definition) is 7. The summed E-state index contributed by atoms with van der Waals surface area (Å²) in [7, 11) is 1.62. The quantitative estimate of drug-likeness (QED) is 0.392. The minimum absolute atomic E-state index is 0.256. The number of amides is 2. The molecule has 2 N–H and O–H groups in total. The van der Waals surface area contributed by atoms with Crippen molar-refractivity contribution >= 4 is 35.1 Å². The summed E-state index contributed by atoms with van der Waals surface area (Å²) in [6.07, 6.45) is 1.62. The average Bonchev–Trinajstić information content (AvgIpc) is 3.19. The van der Waals surface area contributed by atoms with Gasteiger partial charge in [-0.15, -0.1) is 5.10 Å². The van der Waals surface area contributed by atoms with Crippen LogP contribution in [-0.4, -0.2) is 37.0 Å². The molecule has 4 aromatic rings. The van der Waals surface area contributed by atoms with Crippen molar-refractivity contribution in [3.05, 3.63) is 83.3 Å². The Morgan fingerprint density at radius 2 is 1.82 bits per heavy atom. The van der Waals surface area contributed by atoms with Gasteiger partial charge in [0.25, 0.3) is 5.91 Å². The summed E-state index contributed by atoms with van der Waals surface area (Å²) in [5.74, 6) is -0.0159. The van der Waals surface area contributed by atoms with Crippen molar-refractivity contribution in [3.63, 3.8) is 0 Å². The number of carbonyl (C=O) groups is 2. The van der Waals surface area contributed by atoms with Gasteiger partial charge >= 0.3 is 6.09 Å². The average molecular weight is 478 g/mol. The first-order chi connectivity index (χ1) is 16.4. The number of ether oxygens (including phenoxy) is 1. The number of pyridine rings is 2. The standard InChI is InChI=1S/C23H20ClN7O3/c1-14(17-9-6-12-25-20(17)24)34-23(33)28-21-19(29-30-31(21)2)18-11-10-15(13-26-18)22(32)27-16-7-4-3-5-8-16/h3-14H,1-2H3,(H,27,32)(H,28,33)/t14-/m1/s1. The van der Waals surface area contributed by atoms with Crippen molar-refractivity contribution in [1.82, 2.24) is 25.0 Å². The van der Waals surface area contributed by atoms with Crippen LogP contribution in [0.3, 0.4) is 0 Å². The molecule has 34 heavy (non-hydrogen) atoms. The molecule has 3 heterocycles. The summed E-state index contributed by atoms with van der Waals surface area (Å²) in [5.41, 5.74) is 2.36. The molecule has 0 saturated heterocycles. The predicted molar refractivity (Wildman–Crippen MR) is 126 cm³/mol. The van der Waals surface area contributed by atoms with Crippen LogP contribution in [0.25, 0.3) is 11.4 Å². The second-order valence-electron chi connectivity index (χ2n) is 7.22. The molecular formula is C23H20ClN7O3. The second-order valence-corrected chi connectivity index (χ2v) is 7.58. The lowest BCUT2D eigenvalue weighted by Gasteiger charge is -2.15. The van der Waals surface area contributed by atoms with E-state index in [4.69, 9.17) is 16.3 Å². The zero-order valence-corrected chi connectivity index (χ0v) is 19.0. The van der Waals surface area contributed by atoms with Gasteiger partial charge in [-0.3, -0.25) is 15.1 Å². The molecule has 0 radical (unpaired) electrons. The molecule has 0 aliphatic rings. The number of anilines is 2. The first-order valence-electron chi connectivity index (χ1n) is 10.2. The third-order valence-electron chi connectivity index (χ3n) is 4.86. The second kappa shape index (κ2) is 10.1. The number of rotatable bonds is 6. The van der Waals surface area contributed by atoms with Gasteiger partial charge in [0.2, 0.25) is 0 Å². The summed E-state index contributed by atoms with van der Waals surface area (Å²) in [5, 5.41) is 13.7. The van der Waals surface area contributed by atoms with Crippen molar-refractivity contribution in [2.24, 2.45) is 7.05 Å². The molecule has 0 fully saturated rings. The van der Waals surface area contributed by atoms with Crippen molar-refractivity contribution in [2.45, 2.75) is 13.0 Å². The first kappa shape index (κ1) is 22.9. The van der Waals surface area contributed by atoms with Crippen molar-refractivity contribution < 1.29 is 14.3 Å². The molecule has 3 aromatic heterocycles. The van der Waals surface area contributed by atoms with Crippen molar-refractivity contribution in [1.29, 1.82) is 0 Å². The minimum atomic E-state index is -0.724. The Morgan fingerprint density at radius 3 is 2.53 bits per heavy atom. The number of aromatic nitrogens is 5. The summed E-state index contributed by atoms with van der Waals surface area (Å²) in [4.78, 5) is 33.3. The minimum Gasteiger partial charge on any atom is -0.441 e. The van der Waals surface area contributed by atoms with E-state index in [1.807, 2.05) is 18.2 Å². The first-order valence-corrected chi connectivity index (χ1v) is 10.6. The van der Waals surface area contributed by atoms with Gasteiger partial charge in [0.05, 0.1) is 11.3 Å². The fourth-order valence-corrected chi connectivity index (χ4v) is 3.39. The van der Waals surface area contributed by atoms with Gasteiger partial charge in [0.1, 0.15) is 11.3 Å².